The Balaban J connectivity index is 1.65. The van der Waals surface area contributed by atoms with Crippen molar-refractivity contribution in [2.45, 2.75) is 37.5 Å². The van der Waals surface area contributed by atoms with Gasteiger partial charge in [0.1, 0.15) is 17.5 Å². The third-order valence-electron chi connectivity index (χ3n) is 3.89. The average Bonchev–Trinajstić information content (AvgIpc) is 2.62. The van der Waals surface area contributed by atoms with Gasteiger partial charge in [-0.15, -0.1) is 11.8 Å². The molecule has 6 heteroatoms. The topological polar surface area (TPSA) is 60.7 Å². The number of carbonyl (C=O) groups is 1. The number of thioether (sulfide) groups is 1. The molecule has 0 aliphatic carbocycles. The molecule has 1 atom stereocenters. The molecule has 3 aromatic rings. The van der Waals surface area contributed by atoms with Gasteiger partial charge in [-0.1, -0.05) is 23.8 Å². The molecule has 0 bridgehead atoms. The zero-order valence-electron chi connectivity index (χ0n) is 14.9. The van der Waals surface area contributed by atoms with E-state index in [1.54, 1.807) is 19.2 Å². The number of hydrogen-bond donors (Lipinski definition) is 0. The van der Waals surface area contributed by atoms with Crippen LogP contribution in [0.3, 0.4) is 0 Å². The number of benzene rings is 1. The number of fused-ring (bicyclic) bond motifs is 1. The molecule has 0 N–H and O–H groups in total. The Morgan fingerprint density at radius 3 is 2.58 bits per heavy atom. The van der Waals surface area contributed by atoms with Crippen LogP contribution in [0, 0.1) is 13.8 Å². The van der Waals surface area contributed by atoms with Gasteiger partial charge in [-0.2, -0.15) is 0 Å². The van der Waals surface area contributed by atoms with Gasteiger partial charge in [0.2, 0.25) is 0 Å². The first-order valence-electron chi connectivity index (χ1n) is 8.31. The number of nitrogens with zero attached hydrogens (tertiary/aromatic N) is 2. The highest BCUT2D eigenvalue weighted by atomic mass is 32.2. The van der Waals surface area contributed by atoms with Crippen LogP contribution in [0.5, 0.6) is 0 Å². The van der Waals surface area contributed by atoms with Crippen LogP contribution in [-0.2, 0) is 16.1 Å². The number of hydrogen-bond acceptors (Lipinski definition) is 5. The van der Waals surface area contributed by atoms with E-state index in [-0.39, 0.29) is 23.4 Å². The molecule has 0 amide bonds. The molecule has 0 radical (unpaired) electrons. The van der Waals surface area contributed by atoms with E-state index in [1.807, 2.05) is 44.2 Å². The van der Waals surface area contributed by atoms with E-state index in [0.717, 1.165) is 10.5 Å². The summed E-state index contributed by atoms with van der Waals surface area (Å²) < 4.78 is 6.83. The minimum Gasteiger partial charge on any atom is -0.458 e. The first kappa shape index (κ1) is 18.2. The zero-order chi connectivity index (χ0) is 18.7. The minimum atomic E-state index is -0.345. The van der Waals surface area contributed by atoms with Crippen LogP contribution in [0.2, 0.25) is 0 Å². The molecule has 0 spiro atoms. The summed E-state index contributed by atoms with van der Waals surface area (Å²) in [5.74, 6) is -0.332. The average molecular weight is 368 g/mol. The minimum absolute atomic E-state index is 0.0166. The summed E-state index contributed by atoms with van der Waals surface area (Å²) in [6, 6.07) is 13.0. The summed E-state index contributed by atoms with van der Waals surface area (Å²) in [7, 11) is 0. The van der Waals surface area contributed by atoms with Crippen molar-refractivity contribution in [2.24, 2.45) is 0 Å². The smallest absolute Gasteiger partial charge is 0.319 e. The van der Waals surface area contributed by atoms with Gasteiger partial charge in [-0.05, 0) is 44.5 Å². The molecule has 3 rings (SSSR count). The molecule has 0 aliphatic rings. The van der Waals surface area contributed by atoms with E-state index < -0.39 is 0 Å². The van der Waals surface area contributed by atoms with Crippen molar-refractivity contribution < 1.29 is 9.53 Å². The molecule has 0 aliphatic heterocycles. The third-order valence-corrected chi connectivity index (χ3v) is 4.98. The van der Waals surface area contributed by atoms with Crippen LogP contribution in [0.1, 0.15) is 23.7 Å². The fourth-order valence-corrected chi connectivity index (χ4v) is 3.33. The highest BCUT2D eigenvalue weighted by Gasteiger charge is 2.16. The highest BCUT2D eigenvalue weighted by Crippen LogP contribution is 2.24. The Kier molecular flexibility index (Phi) is 5.42. The second kappa shape index (κ2) is 7.74. The normalized spacial score (nSPS) is 12.1. The van der Waals surface area contributed by atoms with Gasteiger partial charge in [-0.3, -0.25) is 14.0 Å². The maximum atomic E-state index is 12.2. The molecule has 0 saturated heterocycles. The highest BCUT2D eigenvalue weighted by molar-refractivity contribution is 8.00. The largest absolute Gasteiger partial charge is 0.458 e. The number of ether oxygens (including phenoxy) is 1. The maximum absolute atomic E-state index is 12.2. The first-order valence-corrected chi connectivity index (χ1v) is 9.19. The summed E-state index contributed by atoms with van der Waals surface area (Å²) in [5.41, 5.74) is 2.94. The van der Waals surface area contributed by atoms with Gasteiger partial charge >= 0.3 is 5.97 Å². The molecule has 1 aromatic carbocycles. The van der Waals surface area contributed by atoms with E-state index in [0.29, 0.717) is 11.3 Å². The molecule has 5 nitrogen and oxygen atoms in total. The number of carbonyl (C=O) groups excluding carboxylic acids is 1. The van der Waals surface area contributed by atoms with Gasteiger partial charge in [0.25, 0.3) is 5.56 Å². The third kappa shape index (κ3) is 4.32. The molecule has 26 heavy (non-hydrogen) atoms. The monoisotopic (exact) mass is 368 g/mol. The SMILES string of the molecule is Cc1ccc(S[C@@H](C)C(=O)OCc2cc(=O)n3cc(C)ccc3n2)cc1. The molecular formula is C20H20N2O3S. The lowest BCUT2D eigenvalue weighted by molar-refractivity contribution is -0.144. The summed E-state index contributed by atoms with van der Waals surface area (Å²) in [4.78, 5) is 29.8. The van der Waals surface area contributed by atoms with E-state index in [1.165, 1.54) is 27.8 Å². The van der Waals surface area contributed by atoms with Gasteiger partial charge < -0.3 is 4.74 Å². The van der Waals surface area contributed by atoms with E-state index in [9.17, 15) is 9.59 Å². The van der Waals surface area contributed by atoms with Crippen LogP contribution < -0.4 is 5.56 Å². The standard InChI is InChI=1S/C20H20N2O3S/c1-13-4-7-17(8-5-13)26-15(3)20(24)25-12-16-10-19(23)22-11-14(2)6-9-18(22)21-16/h4-11,15H,12H2,1-3H3/t15-/m0/s1. The molecular weight excluding hydrogens is 348 g/mol. The van der Waals surface area contributed by atoms with Crippen LogP contribution in [0.4, 0.5) is 0 Å². The molecule has 0 fully saturated rings. The van der Waals surface area contributed by atoms with E-state index in [4.69, 9.17) is 4.74 Å². The fraction of sp³-hybridized carbons (Fsp3) is 0.250. The molecule has 2 heterocycles. The van der Waals surface area contributed by atoms with Crippen molar-refractivity contribution in [3.05, 3.63) is 75.8 Å². The van der Waals surface area contributed by atoms with Gasteiger partial charge in [-0.25, -0.2) is 4.98 Å². The van der Waals surface area contributed by atoms with Crippen LogP contribution in [0.15, 0.2) is 58.4 Å². The van der Waals surface area contributed by atoms with Crippen molar-refractivity contribution in [1.82, 2.24) is 9.38 Å². The zero-order valence-corrected chi connectivity index (χ0v) is 15.7. The van der Waals surface area contributed by atoms with Crippen molar-refractivity contribution in [3.8, 4) is 0 Å². The first-order chi connectivity index (χ1) is 12.4. The summed E-state index contributed by atoms with van der Waals surface area (Å²) in [6.45, 7) is 5.72. The van der Waals surface area contributed by atoms with E-state index in [2.05, 4.69) is 4.98 Å². The predicted octanol–water partition coefficient (Wildman–Crippen LogP) is 3.54. The number of aryl methyl sites for hydroxylation is 2. The van der Waals surface area contributed by atoms with Crippen LogP contribution >= 0.6 is 11.8 Å². The Hall–Kier alpha value is -2.60. The Morgan fingerprint density at radius 1 is 1.15 bits per heavy atom. The Bertz CT molecular complexity index is 996. The van der Waals surface area contributed by atoms with Crippen molar-refractivity contribution in [1.29, 1.82) is 0 Å². The number of esters is 1. The number of pyridine rings is 1. The van der Waals surface area contributed by atoms with Gasteiger partial charge in [0.05, 0.1) is 5.69 Å². The molecule has 2 aromatic heterocycles. The van der Waals surface area contributed by atoms with Gasteiger partial charge in [0, 0.05) is 17.2 Å². The van der Waals surface area contributed by atoms with Crippen molar-refractivity contribution in [3.63, 3.8) is 0 Å². The molecule has 134 valence electrons. The number of aromatic nitrogens is 2. The maximum Gasteiger partial charge on any atom is 0.319 e. The van der Waals surface area contributed by atoms with E-state index >= 15 is 0 Å². The quantitative estimate of drug-likeness (QED) is 0.509. The summed E-state index contributed by atoms with van der Waals surface area (Å²) in [5, 5.41) is -0.345. The van der Waals surface area contributed by atoms with Crippen molar-refractivity contribution >= 4 is 23.4 Å². The lowest BCUT2D eigenvalue weighted by Crippen LogP contribution is -2.19. The Labute approximate surface area is 156 Å². The molecule has 0 unspecified atom stereocenters. The lowest BCUT2D eigenvalue weighted by Gasteiger charge is -2.11. The van der Waals surface area contributed by atoms with Crippen LogP contribution in [0.25, 0.3) is 5.65 Å². The van der Waals surface area contributed by atoms with Gasteiger partial charge in [0.15, 0.2) is 0 Å². The second-order valence-corrected chi connectivity index (χ2v) is 7.62. The van der Waals surface area contributed by atoms with Crippen LogP contribution in [-0.4, -0.2) is 20.6 Å². The molecule has 0 saturated carbocycles. The second-order valence-electron chi connectivity index (χ2n) is 6.20. The summed E-state index contributed by atoms with van der Waals surface area (Å²) >= 11 is 1.44. The number of rotatable bonds is 5. The fourth-order valence-electron chi connectivity index (χ4n) is 2.46. The Morgan fingerprint density at radius 2 is 1.85 bits per heavy atom. The lowest BCUT2D eigenvalue weighted by atomic mass is 10.2. The summed E-state index contributed by atoms with van der Waals surface area (Å²) in [6.07, 6.45) is 1.74. The van der Waals surface area contributed by atoms with Crippen molar-refractivity contribution in [2.75, 3.05) is 0 Å². The predicted molar refractivity (Wildman–Crippen MR) is 102 cm³/mol.